The molecule has 0 heterocycles. The molecule has 0 aliphatic carbocycles. The molecule has 0 bridgehead atoms. The second-order valence-corrected chi connectivity index (χ2v) is 7.19. The number of benzene rings is 3. The molecule has 0 spiro atoms. The Labute approximate surface area is 181 Å². The molecule has 0 aromatic heterocycles. The molecule has 0 aliphatic heterocycles. The molecule has 0 aliphatic rings. The monoisotopic (exact) mass is 416 g/mol. The molecule has 0 radical (unpaired) electrons. The fourth-order valence-corrected chi connectivity index (χ4v) is 2.88. The lowest BCUT2D eigenvalue weighted by atomic mass is 10.1. The molecule has 3 aromatic carbocycles. The van der Waals surface area contributed by atoms with Crippen molar-refractivity contribution >= 4 is 23.5 Å². The van der Waals surface area contributed by atoms with E-state index in [-0.39, 0.29) is 18.4 Å². The SMILES string of the molecule is Cc1cccc(C(=O)N[C@@H](C)C(=O)OCc2ccc(C(=O)Nc3ccccc3)cc2)c1. The maximum Gasteiger partial charge on any atom is 0.328 e. The minimum Gasteiger partial charge on any atom is -0.459 e. The molecule has 6 heteroatoms. The van der Waals surface area contributed by atoms with Gasteiger partial charge in [0.05, 0.1) is 0 Å². The van der Waals surface area contributed by atoms with Gasteiger partial charge in [0, 0.05) is 16.8 Å². The van der Waals surface area contributed by atoms with Gasteiger partial charge in [0.25, 0.3) is 11.8 Å². The highest BCUT2D eigenvalue weighted by atomic mass is 16.5. The quantitative estimate of drug-likeness (QED) is 0.568. The molecular weight excluding hydrogens is 392 g/mol. The molecule has 0 unspecified atom stereocenters. The van der Waals surface area contributed by atoms with Gasteiger partial charge in [-0.3, -0.25) is 9.59 Å². The zero-order chi connectivity index (χ0) is 22.2. The topological polar surface area (TPSA) is 84.5 Å². The van der Waals surface area contributed by atoms with Crippen LogP contribution in [-0.4, -0.2) is 23.8 Å². The zero-order valence-electron chi connectivity index (χ0n) is 17.4. The van der Waals surface area contributed by atoms with E-state index >= 15 is 0 Å². The highest BCUT2D eigenvalue weighted by molar-refractivity contribution is 6.04. The highest BCUT2D eigenvalue weighted by Gasteiger charge is 2.18. The van der Waals surface area contributed by atoms with E-state index in [0.29, 0.717) is 16.8 Å². The second-order valence-electron chi connectivity index (χ2n) is 7.19. The molecule has 158 valence electrons. The standard InChI is InChI=1S/C25H24N2O4/c1-17-7-6-8-21(15-17)24(29)26-18(2)25(30)31-16-19-11-13-20(14-12-19)23(28)27-22-9-4-3-5-10-22/h3-15,18H,16H2,1-2H3,(H,26,29)(H,27,28)/t18-/m0/s1. The van der Waals surface area contributed by atoms with Gasteiger partial charge in [-0.25, -0.2) is 4.79 Å². The van der Waals surface area contributed by atoms with Crippen LogP contribution in [0.2, 0.25) is 0 Å². The summed E-state index contributed by atoms with van der Waals surface area (Å²) in [7, 11) is 0. The van der Waals surface area contributed by atoms with E-state index in [1.807, 2.05) is 43.3 Å². The first-order chi connectivity index (χ1) is 14.9. The molecule has 3 aromatic rings. The predicted octanol–water partition coefficient (Wildman–Crippen LogP) is 4.11. The van der Waals surface area contributed by atoms with Crippen molar-refractivity contribution in [1.29, 1.82) is 0 Å². The minimum atomic E-state index is -0.788. The first kappa shape index (κ1) is 21.8. The molecule has 3 rings (SSSR count). The van der Waals surface area contributed by atoms with Gasteiger partial charge in [0.15, 0.2) is 0 Å². The fourth-order valence-electron chi connectivity index (χ4n) is 2.88. The summed E-state index contributed by atoms with van der Waals surface area (Å²) in [5, 5.41) is 5.45. The molecule has 2 amide bonds. The Balaban J connectivity index is 1.49. The van der Waals surface area contributed by atoms with E-state index in [2.05, 4.69) is 10.6 Å². The van der Waals surface area contributed by atoms with E-state index in [0.717, 1.165) is 11.1 Å². The lowest BCUT2D eigenvalue weighted by Gasteiger charge is -2.14. The zero-order valence-corrected chi connectivity index (χ0v) is 17.4. The Morgan fingerprint density at radius 1 is 0.839 bits per heavy atom. The number of rotatable bonds is 7. The van der Waals surface area contributed by atoms with Crippen LogP contribution in [0.4, 0.5) is 5.69 Å². The molecule has 31 heavy (non-hydrogen) atoms. The van der Waals surface area contributed by atoms with E-state index in [1.54, 1.807) is 49.4 Å². The van der Waals surface area contributed by atoms with E-state index in [4.69, 9.17) is 4.74 Å². The third kappa shape index (κ3) is 6.27. The number of carbonyl (C=O) groups is 3. The van der Waals surface area contributed by atoms with Gasteiger partial charge in [0.2, 0.25) is 0 Å². The average molecular weight is 416 g/mol. The molecular formula is C25H24N2O4. The number of ether oxygens (including phenoxy) is 1. The Hall–Kier alpha value is -3.93. The van der Waals surface area contributed by atoms with Crippen molar-refractivity contribution in [3.8, 4) is 0 Å². The van der Waals surface area contributed by atoms with Crippen molar-refractivity contribution in [2.45, 2.75) is 26.5 Å². The van der Waals surface area contributed by atoms with Gasteiger partial charge in [-0.15, -0.1) is 0 Å². The van der Waals surface area contributed by atoms with Crippen molar-refractivity contribution in [1.82, 2.24) is 5.32 Å². The van der Waals surface area contributed by atoms with Gasteiger partial charge in [0.1, 0.15) is 12.6 Å². The molecule has 0 fully saturated rings. The third-order valence-electron chi connectivity index (χ3n) is 4.61. The average Bonchev–Trinajstić information content (AvgIpc) is 2.78. The Kier molecular flexibility index (Phi) is 7.17. The van der Waals surface area contributed by atoms with Crippen LogP contribution in [0.5, 0.6) is 0 Å². The summed E-state index contributed by atoms with van der Waals surface area (Å²) in [6.45, 7) is 3.52. The normalized spacial score (nSPS) is 11.3. The van der Waals surface area contributed by atoms with Gasteiger partial charge in [-0.2, -0.15) is 0 Å². The summed E-state index contributed by atoms with van der Waals surface area (Å²) in [5.74, 6) is -1.09. The number of para-hydroxylation sites is 1. The van der Waals surface area contributed by atoms with Crippen LogP contribution in [0.15, 0.2) is 78.9 Å². The summed E-state index contributed by atoms with van der Waals surface area (Å²) in [5.41, 5.74) is 3.40. The highest BCUT2D eigenvalue weighted by Crippen LogP contribution is 2.11. The predicted molar refractivity (Wildman–Crippen MR) is 119 cm³/mol. The van der Waals surface area contributed by atoms with Crippen LogP contribution in [-0.2, 0) is 16.1 Å². The number of nitrogens with one attached hydrogen (secondary N) is 2. The summed E-state index contributed by atoms with van der Waals surface area (Å²) in [6, 6.07) is 22.3. The van der Waals surface area contributed by atoms with Crippen LogP contribution in [0.3, 0.4) is 0 Å². The Morgan fingerprint density at radius 3 is 2.23 bits per heavy atom. The summed E-state index contributed by atoms with van der Waals surface area (Å²) >= 11 is 0. The van der Waals surface area contributed by atoms with Gasteiger partial charge < -0.3 is 15.4 Å². The van der Waals surface area contributed by atoms with Gasteiger partial charge in [-0.05, 0) is 55.8 Å². The summed E-state index contributed by atoms with van der Waals surface area (Å²) < 4.78 is 5.29. The number of amides is 2. The first-order valence-corrected chi connectivity index (χ1v) is 9.92. The molecule has 6 nitrogen and oxygen atoms in total. The molecule has 2 N–H and O–H groups in total. The van der Waals surface area contributed by atoms with Crippen LogP contribution < -0.4 is 10.6 Å². The van der Waals surface area contributed by atoms with Crippen LogP contribution in [0, 0.1) is 6.92 Å². The largest absolute Gasteiger partial charge is 0.459 e. The van der Waals surface area contributed by atoms with Crippen LogP contribution >= 0.6 is 0 Å². The van der Waals surface area contributed by atoms with Crippen molar-refractivity contribution in [3.63, 3.8) is 0 Å². The number of carbonyl (C=O) groups excluding carboxylic acids is 3. The van der Waals surface area contributed by atoms with E-state index in [1.165, 1.54) is 0 Å². The Morgan fingerprint density at radius 2 is 1.55 bits per heavy atom. The van der Waals surface area contributed by atoms with Crippen molar-refractivity contribution in [2.24, 2.45) is 0 Å². The van der Waals surface area contributed by atoms with Crippen LogP contribution in [0.1, 0.15) is 38.8 Å². The first-order valence-electron chi connectivity index (χ1n) is 9.92. The number of aryl methyl sites for hydroxylation is 1. The maximum atomic E-state index is 12.3. The number of hydrogen-bond donors (Lipinski definition) is 2. The molecule has 0 saturated carbocycles. The third-order valence-corrected chi connectivity index (χ3v) is 4.61. The lowest BCUT2D eigenvalue weighted by Crippen LogP contribution is -2.39. The second kappa shape index (κ2) is 10.2. The lowest BCUT2D eigenvalue weighted by molar-refractivity contribution is -0.146. The number of anilines is 1. The van der Waals surface area contributed by atoms with Crippen molar-refractivity contribution < 1.29 is 19.1 Å². The summed E-state index contributed by atoms with van der Waals surface area (Å²) in [6.07, 6.45) is 0. The van der Waals surface area contributed by atoms with E-state index < -0.39 is 12.0 Å². The molecule has 1 atom stereocenters. The van der Waals surface area contributed by atoms with Gasteiger partial charge in [-0.1, -0.05) is 48.0 Å². The smallest absolute Gasteiger partial charge is 0.328 e. The maximum absolute atomic E-state index is 12.3. The Bertz CT molecular complexity index is 1060. The van der Waals surface area contributed by atoms with Crippen molar-refractivity contribution in [3.05, 3.63) is 101 Å². The van der Waals surface area contributed by atoms with E-state index in [9.17, 15) is 14.4 Å². The number of esters is 1. The fraction of sp³-hybridized carbons (Fsp3) is 0.160. The molecule has 0 saturated heterocycles. The van der Waals surface area contributed by atoms with Gasteiger partial charge >= 0.3 is 5.97 Å². The number of hydrogen-bond acceptors (Lipinski definition) is 4. The summed E-state index contributed by atoms with van der Waals surface area (Å²) in [4.78, 5) is 36.8. The van der Waals surface area contributed by atoms with Crippen molar-refractivity contribution in [2.75, 3.05) is 5.32 Å². The minimum absolute atomic E-state index is 0.0457. The van der Waals surface area contributed by atoms with Crippen LogP contribution in [0.25, 0.3) is 0 Å².